The Labute approximate surface area is 429 Å². The molecule has 0 aromatic carbocycles. The fourth-order valence-corrected chi connectivity index (χ4v) is 8.58. The lowest BCUT2D eigenvalue weighted by atomic mass is 9.94. The molecule has 0 spiro atoms. The average Bonchev–Trinajstić information content (AvgIpc) is 3.86. The molecule has 0 aromatic heterocycles. The van der Waals surface area contributed by atoms with Crippen molar-refractivity contribution in [1.82, 2.24) is 10.2 Å². The van der Waals surface area contributed by atoms with Crippen molar-refractivity contribution in [2.24, 2.45) is 11.8 Å². The van der Waals surface area contributed by atoms with Crippen molar-refractivity contribution in [3.05, 3.63) is 48.6 Å². The monoisotopic (exact) mass is 983 g/mol. The lowest BCUT2D eigenvalue weighted by molar-refractivity contribution is -0.167. The Kier molecular flexibility index (Phi) is 44.2. The van der Waals surface area contributed by atoms with E-state index in [1.807, 2.05) is 0 Å². The molecule has 3 unspecified atom stereocenters. The highest BCUT2D eigenvalue weighted by Crippen LogP contribution is 2.21. The molecule has 1 aliphatic heterocycles. The molecule has 1 amide bonds. The molecule has 1 saturated heterocycles. The van der Waals surface area contributed by atoms with Crippen LogP contribution in [0.5, 0.6) is 0 Å². The summed E-state index contributed by atoms with van der Waals surface area (Å²) in [5.41, 5.74) is 0. The highest BCUT2D eigenvalue weighted by molar-refractivity contribution is 5.71. The maximum absolute atomic E-state index is 13.4. The summed E-state index contributed by atoms with van der Waals surface area (Å²) in [5, 5.41) is 2.91. The maximum atomic E-state index is 13.4. The van der Waals surface area contributed by atoms with E-state index >= 15 is 0 Å². The number of carbonyl (C=O) groups excluding carboxylic acids is 4. The number of carbonyl (C=O) groups is 4. The fourth-order valence-electron chi connectivity index (χ4n) is 8.58. The number of likely N-dealkylation sites (tertiary alicyclic amines) is 1. The summed E-state index contributed by atoms with van der Waals surface area (Å²) in [7, 11) is 0. The van der Waals surface area contributed by atoms with Gasteiger partial charge < -0.3 is 29.2 Å². The van der Waals surface area contributed by atoms with Gasteiger partial charge in [0, 0.05) is 32.4 Å². The number of hydrogen-bond acceptors (Lipinski definition) is 9. The highest BCUT2D eigenvalue weighted by atomic mass is 16.6. The first kappa shape index (κ1) is 64.6. The van der Waals surface area contributed by atoms with Crippen LogP contribution in [0, 0.1) is 11.8 Å². The van der Waals surface area contributed by atoms with Crippen molar-refractivity contribution < 1.29 is 38.1 Å². The zero-order valence-corrected chi connectivity index (χ0v) is 45.7. The fraction of sp³-hybridized carbons (Fsp3) is 0.800. The van der Waals surface area contributed by atoms with Crippen molar-refractivity contribution in [1.29, 1.82) is 0 Å². The van der Waals surface area contributed by atoms with Gasteiger partial charge in [-0.15, -0.1) is 0 Å². The molecular weight excluding hydrogens is 877 g/mol. The van der Waals surface area contributed by atoms with E-state index in [4.69, 9.17) is 18.9 Å². The first-order chi connectivity index (χ1) is 34.1. The van der Waals surface area contributed by atoms with Gasteiger partial charge in [-0.1, -0.05) is 167 Å². The summed E-state index contributed by atoms with van der Waals surface area (Å²) in [6.45, 7) is 14.2. The van der Waals surface area contributed by atoms with E-state index in [2.05, 4.69) is 93.4 Å². The van der Waals surface area contributed by atoms with Gasteiger partial charge >= 0.3 is 24.0 Å². The van der Waals surface area contributed by atoms with Gasteiger partial charge in [0.2, 0.25) is 0 Å². The molecule has 10 nitrogen and oxygen atoms in total. The summed E-state index contributed by atoms with van der Waals surface area (Å²) in [6, 6.07) is 0. The predicted molar refractivity (Wildman–Crippen MR) is 291 cm³/mol. The Hall–Kier alpha value is -3.40. The zero-order chi connectivity index (χ0) is 51.0. The van der Waals surface area contributed by atoms with E-state index in [0.29, 0.717) is 31.2 Å². The first-order valence-corrected chi connectivity index (χ1v) is 28.9. The SMILES string of the molecule is CCCCCC=CCC=CCCCCCCCC(=O)OCC(COC(=O)CCCCCCC/C=C\C/C=C\CCCCC)OC(=O)CCC(CCC(C)CCCC(C)C)OC(=O)NCCN1CCCC1. The van der Waals surface area contributed by atoms with Crippen LogP contribution >= 0.6 is 0 Å². The third-order valence-corrected chi connectivity index (χ3v) is 13.1. The van der Waals surface area contributed by atoms with Crippen LogP contribution in [0.4, 0.5) is 4.79 Å². The van der Waals surface area contributed by atoms with E-state index in [1.54, 1.807) is 0 Å². The van der Waals surface area contributed by atoms with Crippen LogP contribution in [0.25, 0.3) is 0 Å². The minimum Gasteiger partial charge on any atom is -0.462 e. The van der Waals surface area contributed by atoms with Gasteiger partial charge in [-0.25, -0.2) is 4.79 Å². The van der Waals surface area contributed by atoms with Crippen LogP contribution < -0.4 is 5.32 Å². The van der Waals surface area contributed by atoms with E-state index < -0.39 is 24.3 Å². The van der Waals surface area contributed by atoms with Crippen LogP contribution in [-0.4, -0.2) is 80.5 Å². The molecule has 1 N–H and O–H groups in total. The van der Waals surface area contributed by atoms with Gasteiger partial charge in [0.1, 0.15) is 19.3 Å². The van der Waals surface area contributed by atoms with E-state index in [1.165, 1.54) is 70.6 Å². The van der Waals surface area contributed by atoms with Crippen molar-refractivity contribution in [2.45, 2.75) is 259 Å². The van der Waals surface area contributed by atoms with Crippen molar-refractivity contribution >= 4 is 24.0 Å². The lowest BCUT2D eigenvalue weighted by Gasteiger charge is -2.22. The van der Waals surface area contributed by atoms with Gasteiger partial charge in [-0.3, -0.25) is 14.4 Å². The van der Waals surface area contributed by atoms with Gasteiger partial charge in [0.05, 0.1) is 0 Å². The zero-order valence-electron chi connectivity index (χ0n) is 45.7. The second kappa shape index (κ2) is 47.9. The molecule has 1 fully saturated rings. The average molecular weight is 984 g/mol. The minimum absolute atomic E-state index is 0.0176. The Bertz CT molecular complexity index is 1320. The molecule has 70 heavy (non-hydrogen) atoms. The molecular formula is C60H106N2O8. The number of nitrogens with one attached hydrogen (secondary N) is 1. The topological polar surface area (TPSA) is 120 Å². The van der Waals surface area contributed by atoms with Crippen molar-refractivity contribution in [3.8, 4) is 0 Å². The van der Waals surface area contributed by atoms with Gasteiger partial charge in [-0.05, 0) is 134 Å². The lowest BCUT2D eigenvalue weighted by Crippen LogP contribution is -2.36. The second-order valence-corrected chi connectivity index (χ2v) is 20.5. The quantitative estimate of drug-likeness (QED) is 0.0275. The molecule has 1 heterocycles. The molecule has 1 rings (SSSR count). The molecule has 404 valence electrons. The summed E-state index contributed by atoms with van der Waals surface area (Å²) >= 11 is 0. The van der Waals surface area contributed by atoms with Crippen LogP contribution in [0.15, 0.2) is 48.6 Å². The highest BCUT2D eigenvalue weighted by Gasteiger charge is 2.23. The number of esters is 3. The number of allylic oxidation sites excluding steroid dienone is 8. The molecule has 3 atom stereocenters. The van der Waals surface area contributed by atoms with Crippen LogP contribution in [0.3, 0.4) is 0 Å². The summed E-state index contributed by atoms with van der Waals surface area (Å²) < 4.78 is 22.9. The molecule has 0 radical (unpaired) electrons. The Morgan fingerprint density at radius 3 is 1.47 bits per heavy atom. The third-order valence-electron chi connectivity index (χ3n) is 13.1. The molecule has 0 aliphatic carbocycles. The summed E-state index contributed by atoms with van der Waals surface area (Å²) in [4.78, 5) is 54.3. The molecule has 0 aromatic rings. The molecule has 10 heteroatoms. The number of rotatable bonds is 47. The largest absolute Gasteiger partial charge is 0.462 e. The first-order valence-electron chi connectivity index (χ1n) is 28.9. The van der Waals surface area contributed by atoms with Crippen LogP contribution in [-0.2, 0) is 33.3 Å². The Morgan fingerprint density at radius 2 is 0.971 bits per heavy atom. The van der Waals surface area contributed by atoms with E-state index in [9.17, 15) is 19.2 Å². The van der Waals surface area contributed by atoms with Crippen LogP contribution in [0.2, 0.25) is 0 Å². The Morgan fingerprint density at radius 1 is 0.486 bits per heavy atom. The van der Waals surface area contributed by atoms with Crippen molar-refractivity contribution in [3.63, 3.8) is 0 Å². The van der Waals surface area contributed by atoms with Gasteiger partial charge in [0.25, 0.3) is 0 Å². The number of ether oxygens (including phenoxy) is 4. The standard InChI is InChI=1S/C60H106N2O8/c1-6-8-10-12-14-16-18-20-22-24-26-28-30-32-34-41-57(63)67-51-56(52-68-58(64)42-35-33-31-29-27-25-23-21-19-17-15-13-11-9-7-2)69-59(65)46-45-55(44-43-54(5)40-38-39-53(3)4)70-60(66)61-47-50-62-48-36-37-49-62/h14-17,20-23,53-56H,6-13,18-19,24-52H2,1-5H3,(H,61,66)/b16-14-,17-15?,22-20-,23-21?. The smallest absolute Gasteiger partial charge is 0.407 e. The number of hydrogen-bond donors (Lipinski definition) is 1. The summed E-state index contributed by atoms with van der Waals surface area (Å²) in [5.74, 6) is -0.0728. The third kappa shape index (κ3) is 43.4. The van der Waals surface area contributed by atoms with E-state index in [0.717, 1.165) is 129 Å². The predicted octanol–water partition coefficient (Wildman–Crippen LogP) is 15.8. The normalized spacial score (nSPS) is 14.6. The number of nitrogens with zero attached hydrogens (tertiary/aromatic N) is 1. The number of unbranched alkanes of at least 4 members (excludes halogenated alkanes) is 16. The van der Waals surface area contributed by atoms with E-state index in [-0.39, 0.29) is 44.4 Å². The minimum atomic E-state index is -0.927. The van der Waals surface area contributed by atoms with Gasteiger partial charge in [-0.2, -0.15) is 0 Å². The van der Waals surface area contributed by atoms with Gasteiger partial charge in [0.15, 0.2) is 6.10 Å². The van der Waals surface area contributed by atoms with Crippen molar-refractivity contribution in [2.75, 3.05) is 39.4 Å². The Balaban J connectivity index is 2.64. The summed E-state index contributed by atoms with van der Waals surface area (Å²) in [6.07, 6.45) is 48.7. The number of amides is 1. The molecule has 1 aliphatic rings. The molecule has 0 saturated carbocycles. The molecule has 0 bridgehead atoms. The maximum Gasteiger partial charge on any atom is 0.407 e. The second-order valence-electron chi connectivity index (χ2n) is 20.5. The van der Waals surface area contributed by atoms with Crippen LogP contribution in [0.1, 0.15) is 247 Å². The number of alkyl carbamates (subject to hydrolysis) is 1.